The largest absolute Gasteiger partial charge is 0.370 e. The van der Waals surface area contributed by atoms with Crippen molar-refractivity contribution in [2.24, 2.45) is 10.7 Å². The van der Waals surface area contributed by atoms with E-state index in [1.54, 1.807) is 22.7 Å². The van der Waals surface area contributed by atoms with Crippen LogP contribution < -0.4 is 10.6 Å². The number of thiophene rings is 1. The summed E-state index contributed by atoms with van der Waals surface area (Å²) in [4.78, 5) is 14.8. The fraction of sp³-hybridized carbons (Fsp3) is 0.467. The first-order chi connectivity index (χ1) is 10.7. The predicted octanol–water partition coefficient (Wildman–Crippen LogP) is 2.45. The van der Waals surface area contributed by atoms with Gasteiger partial charge in [0.05, 0.1) is 6.54 Å². The highest BCUT2D eigenvalue weighted by Crippen LogP contribution is 2.21. The Balaban J connectivity index is 1.51. The van der Waals surface area contributed by atoms with E-state index in [0.29, 0.717) is 11.9 Å². The number of nitrogens with zero attached hydrogens (tertiary/aromatic N) is 4. The van der Waals surface area contributed by atoms with Crippen LogP contribution in [0.2, 0.25) is 0 Å². The standard InChI is InChI=1S/C15H21N5S2/c1-12(13-3-2-9-21-13)11-18-14(16)19-5-7-20(8-6-19)15-17-4-10-22-15/h2-4,9-10,12H,5-8,11H2,1H3,(H2,16,18). The molecule has 1 fully saturated rings. The van der Waals surface area contributed by atoms with Gasteiger partial charge in [0.15, 0.2) is 11.1 Å². The molecule has 0 aliphatic carbocycles. The van der Waals surface area contributed by atoms with Gasteiger partial charge in [0.25, 0.3) is 0 Å². The lowest BCUT2D eigenvalue weighted by atomic mass is 10.1. The molecule has 0 spiro atoms. The molecule has 1 unspecified atom stereocenters. The van der Waals surface area contributed by atoms with Crippen LogP contribution in [-0.4, -0.2) is 48.6 Å². The summed E-state index contributed by atoms with van der Waals surface area (Å²) in [7, 11) is 0. The molecule has 0 aromatic carbocycles. The van der Waals surface area contributed by atoms with E-state index in [9.17, 15) is 0 Å². The maximum absolute atomic E-state index is 6.16. The number of nitrogens with two attached hydrogens (primary N) is 1. The molecule has 22 heavy (non-hydrogen) atoms. The summed E-state index contributed by atoms with van der Waals surface area (Å²) in [5, 5.41) is 5.22. The number of hydrogen-bond acceptors (Lipinski definition) is 5. The van der Waals surface area contributed by atoms with Gasteiger partial charge in [-0.3, -0.25) is 4.99 Å². The fourth-order valence-electron chi connectivity index (χ4n) is 2.49. The van der Waals surface area contributed by atoms with E-state index in [-0.39, 0.29) is 0 Å². The van der Waals surface area contributed by atoms with Gasteiger partial charge in [-0.05, 0) is 11.4 Å². The highest BCUT2D eigenvalue weighted by molar-refractivity contribution is 7.13. The van der Waals surface area contributed by atoms with Crippen LogP contribution in [0.25, 0.3) is 0 Å². The first kappa shape index (κ1) is 15.3. The number of aromatic nitrogens is 1. The Hall–Kier alpha value is -1.60. The Morgan fingerprint density at radius 2 is 2.14 bits per heavy atom. The lowest BCUT2D eigenvalue weighted by Crippen LogP contribution is -2.51. The summed E-state index contributed by atoms with van der Waals surface area (Å²) in [6.07, 6.45) is 1.86. The number of anilines is 1. The molecule has 1 saturated heterocycles. The van der Waals surface area contributed by atoms with E-state index in [1.165, 1.54) is 4.88 Å². The summed E-state index contributed by atoms with van der Waals surface area (Å²) in [5.41, 5.74) is 6.16. The molecule has 2 aromatic heterocycles. The smallest absolute Gasteiger partial charge is 0.191 e. The molecule has 0 bridgehead atoms. The molecule has 3 heterocycles. The number of piperazine rings is 1. The van der Waals surface area contributed by atoms with E-state index in [2.05, 4.69) is 44.2 Å². The minimum absolute atomic E-state index is 0.426. The van der Waals surface area contributed by atoms with E-state index in [4.69, 9.17) is 5.73 Å². The van der Waals surface area contributed by atoms with Crippen LogP contribution in [-0.2, 0) is 0 Å². The first-order valence-corrected chi connectivity index (χ1v) is 9.22. The molecule has 2 N–H and O–H groups in total. The van der Waals surface area contributed by atoms with Crippen molar-refractivity contribution in [2.45, 2.75) is 12.8 Å². The first-order valence-electron chi connectivity index (χ1n) is 7.47. The molecule has 0 saturated carbocycles. The Morgan fingerprint density at radius 1 is 1.32 bits per heavy atom. The summed E-state index contributed by atoms with van der Waals surface area (Å²) >= 11 is 3.47. The number of guanidine groups is 1. The quantitative estimate of drug-likeness (QED) is 0.689. The number of aliphatic imine (C=N–C) groups is 1. The normalized spacial score (nSPS) is 17.8. The SMILES string of the molecule is CC(CN=C(N)N1CCN(c2nccs2)CC1)c1cccs1. The van der Waals surface area contributed by atoms with Gasteiger partial charge in [-0.2, -0.15) is 0 Å². The maximum atomic E-state index is 6.16. The topological polar surface area (TPSA) is 57.8 Å². The van der Waals surface area contributed by atoms with Crippen LogP contribution in [0.15, 0.2) is 34.1 Å². The Morgan fingerprint density at radius 3 is 2.77 bits per heavy atom. The van der Waals surface area contributed by atoms with Gasteiger partial charge in [0.2, 0.25) is 0 Å². The van der Waals surface area contributed by atoms with Crippen molar-refractivity contribution in [2.75, 3.05) is 37.6 Å². The number of hydrogen-bond donors (Lipinski definition) is 1. The molecule has 0 amide bonds. The third kappa shape index (κ3) is 3.59. The molecule has 1 aliphatic heterocycles. The maximum Gasteiger partial charge on any atom is 0.191 e. The molecule has 1 atom stereocenters. The molecule has 7 heteroatoms. The van der Waals surface area contributed by atoms with Crippen LogP contribution in [0.3, 0.4) is 0 Å². The van der Waals surface area contributed by atoms with Crippen molar-refractivity contribution in [1.82, 2.24) is 9.88 Å². The van der Waals surface area contributed by atoms with Gasteiger partial charge < -0.3 is 15.5 Å². The zero-order valence-corrected chi connectivity index (χ0v) is 14.3. The fourth-order valence-corrected chi connectivity index (χ4v) is 3.97. The third-order valence-electron chi connectivity index (χ3n) is 3.85. The summed E-state index contributed by atoms with van der Waals surface area (Å²) in [6.45, 7) is 6.65. The van der Waals surface area contributed by atoms with Gasteiger partial charge >= 0.3 is 0 Å². The highest BCUT2D eigenvalue weighted by Gasteiger charge is 2.20. The summed E-state index contributed by atoms with van der Waals surface area (Å²) in [5.74, 6) is 1.09. The van der Waals surface area contributed by atoms with E-state index in [0.717, 1.165) is 37.9 Å². The van der Waals surface area contributed by atoms with Crippen molar-refractivity contribution in [3.63, 3.8) is 0 Å². The third-order valence-corrected chi connectivity index (χ3v) is 5.79. The number of rotatable bonds is 4. The zero-order valence-electron chi connectivity index (χ0n) is 12.7. The zero-order chi connectivity index (χ0) is 15.4. The van der Waals surface area contributed by atoms with Gasteiger partial charge in [-0.15, -0.1) is 22.7 Å². The van der Waals surface area contributed by atoms with Crippen LogP contribution >= 0.6 is 22.7 Å². The second-order valence-corrected chi connectivity index (χ2v) is 7.26. The van der Waals surface area contributed by atoms with Crippen LogP contribution in [0.1, 0.15) is 17.7 Å². The van der Waals surface area contributed by atoms with Crippen LogP contribution in [0.4, 0.5) is 5.13 Å². The van der Waals surface area contributed by atoms with Gasteiger partial charge in [0.1, 0.15) is 0 Å². The lowest BCUT2D eigenvalue weighted by molar-refractivity contribution is 0.380. The Kier molecular flexibility index (Phi) is 4.94. The number of thiazole rings is 1. The van der Waals surface area contributed by atoms with Gasteiger partial charge in [0, 0.05) is 48.6 Å². The van der Waals surface area contributed by atoms with Crippen molar-refractivity contribution in [3.8, 4) is 0 Å². The second kappa shape index (κ2) is 7.11. The van der Waals surface area contributed by atoms with Gasteiger partial charge in [-0.25, -0.2) is 4.98 Å². The monoisotopic (exact) mass is 335 g/mol. The lowest BCUT2D eigenvalue weighted by Gasteiger charge is -2.35. The molecule has 0 radical (unpaired) electrons. The van der Waals surface area contributed by atoms with E-state index in [1.807, 2.05) is 11.6 Å². The van der Waals surface area contributed by atoms with E-state index < -0.39 is 0 Å². The molecular formula is C15H21N5S2. The van der Waals surface area contributed by atoms with Crippen LogP contribution in [0, 0.1) is 0 Å². The van der Waals surface area contributed by atoms with Gasteiger partial charge in [-0.1, -0.05) is 13.0 Å². The van der Waals surface area contributed by atoms with Crippen molar-refractivity contribution >= 4 is 33.8 Å². The molecule has 1 aliphatic rings. The summed E-state index contributed by atoms with van der Waals surface area (Å²) in [6, 6.07) is 4.25. The Bertz CT molecular complexity index is 585. The van der Waals surface area contributed by atoms with Crippen molar-refractivity contribution in [3.05, 3.63) is 34.0 Å². The van der Waals surface area contributed by atoms with Crippen molar-refractivity contribution in [1.29, 1.82) is 0 Å². The molecule has 2 aromatic rings. The van der Waals surface area contributed by atoms with E-state index >= 15 is 0 Å². The Labute approximate surface area is 139 Å². The van der Waals surface area contributed by atoms with Crippen LogP contribution in [0.5, 0.6) is 0 Å². The average Bonchev–Trinajstić information content (AvgIpc) is 3.25. The molecule has 118 valence electrons. The summed E-state index contributed by atoms with van der Waals surface area (Å²) < 4.78 is 0. The second-order valence-electron chi connectivity index (χ2n) is 5.40. The highest BCUT2D eigenvalue weighted by atomic mass is 32.1. The van der Waals surface area contributed by atoms with Crippen molar-refractivity contribution < 1.29 is 0 Å². The minimum atomic E-state index is 0.426. The average molecular weight is 336 g/mol. The predicted molar refractivity (Wildman–Crippen MR) is 95.1 cm³/mol. The molecular weight excluding hydrogens is 314 g/mol. The minimum Gasteiger partial charge on any atom is -0.370 e. The molecule has 3 rings (SSSR count). The molecule has 5 nitrogen and oxygen atoms in total.